The van der Waals surface area contributed by atoms with Gasteiger partial charge >= 0.3 is 0 Å². The van der Waals surface area contributed by atoms with Crippen LogP contribution in [0.25, 0.3) is 0 Å². The topological polar surface area (TPSA) is 41.1 Å². The van der Waals surface area contributed by atoms with E-state index in [1.54, 1.807) is 7.05 Å². The molecule has 0 atom stereocenters. The first-order chi connectivity index (χ1) is 7.63. The Hall–Kier alpha value is -1.35. The van der Waals surface area contributed by atoms with Gasteiger partial charge in [0.15, 0.2) is 0 Å². The van der Waals surface area contributed by atoms with Crippen LogP contribution in [0.3, 0.4) is 0 Å². The van der Waals surface area contributed by atoms with Crippen LogP contribution < -0.4 is 10.6 Å². The lowest BCUT2D eigenvalue weighted by Gasteiger charge is -2.08. The molecular weight excluding hydrogens is 200 g/mol. The average Bonchev–Trinajstić information content (AvgIpc) is 2.28. The number of carbonyl (C=O) groups is 1. The Labute approximate surface area is 97.2 Å². The standard InChI is InChI=1S/C13H20N2O/c1-10(2)15-8-7-11-5-4-6-12(9-11)13(16)14-3/h4-6,9-10,15H,7-8H2,1-3H3,(H,14,16). The lowest BCUT2D eigenvalue weighted by Crippen LogP contribution is -2.25. The van der Waals surface area contributed by atoms with Crippen molar-refractivity contribution < 1.29 is 4.79 Å². The van der Waals surface area contributed by atoms with Gasteiger partial charge in [0.25, 0.3) is 5.91 Å². The summed E-state index contributed by atoms with van der Waals surface area (Å²) in [7, 11) is 1.65. The molecule has 88 valence electrons. The van der Waals surface area contributed by atoms with Gasteiger partial charge in [-0.15, -0.1) is 0 Å². The van der Waals surface area contributed by atoms with Crippen LogP contribution in [-0.4, -0.2) is 25.5 Å². The normalized spacial score (nSPS) is 10.5. The van der Waals surface area contributed by atoms with E-state index < -0.39 is 0 Å². The Balaban J connectivity index is 2.57. The molecule has 1 aromatic carbocycles. The molecule has 0 bridgehead atoms. The van der Waals surface area contributed by atoms with Crippen molar-refractivity contribution >= 4 is 5.91 Å². The van der Waals surface area contributed by atoms with Crippen molar-refractivity contribution in [2.75, 3.05) is 13.6 Å². The van der Waals surface area contributed by atoms with Crippen LogP contribution in [0.4, 0.5) is 0 Å². The molecule has 0 unspecified atom stereocenters. The van der Waals surface area contributed by atoms with Gasteiger partial charge in [0, 0.05) is 18.7 Å². The SMILES string of the molecule is CNC(=O)c1cccc(CCNC(C)C)c1. The van der Waals surface area contributed by atoms with Crippen molar-refractivity contribution in [2.24, 2.45) is 0 Å². The molecule has 0 aliphatic rings. The third-order valence-corrected chi connectivity index (χ3v) is 2.38. The summed E-state index contributed by atoms with van der Waals surface area (Å²) in [5, 5.41) is 5.98. The van der Waals surface area contributed by atoms with Crippen LogP contribution in [-0.2, 0) is 6.42 Å². The van der Waals surface area contributed by atoms with Crippen molar-refractivity contribution in [3.05, 3.63) is 35.4 Å². The minimum atomic E-state index is -0.0290. The summed E-state index contributed by atoms with van der Waals surface area (Å²) in [6.45, 7) is 5.19. The number of benzene rings is 1. The Morgan fingerprint density at radius 2 is 2.12 bits per heavy atom. The van der Waals surface area contributed by atoms with E-state index in [9.17, 15) is 4.79 Å². The smallest absolute Gasteiger partial charge is 0.251 e. The predicted molar refractivity (Wildman–Crippen MR) is 66.7 cm³/mol. The van der Waals surface area contributed by atoms with E-state index in [-0.39, 0.29) is 5.91 Å². The van der Waals surface area contributed by atoms with E-state index in [4.69, 9.17) is 0 Å². The molecule has 3 nitrogen and oxygen atoms in total. The highest BCUT2D eigenvalue weighted by Crippen LogP contribution is 2.05. The molecule has 3 heteroatoms. The molecule has 0 fully saturated rings. The molecule has 0 aliphatic heterocycles. The summed E-state index contributed by atoms with van der Waals surface area (Å²) in [4.78, 5) is 11.4. The monoisotopic (exact) mass is 220 g/mol. The van der Waals surface area contributed by atoms with E-state index in [2.05, 4.69) is 30.5 Å². The second kappa shape index (κ2) is 6.28. The molecule has 1 aromatic rings. The molecule has 1 rings (SSSR count). The lowest BCUT2D eigenvalue weighted by molar-refractivity contribution is 0.0963. The zero-order chi connectivity index (χ0) is 12.0. The Bertz CT molecular complexity index is 348. The summed E-state index contributed by atoms with van der Waals surface area (Å²) in [5.41, 5.74) is 1.92. The van der Waals surface area contributed by atoms with Gasteiger partial charge in [-0.2, -0.15) is 0 Å². The fourth-order valence-corrected chi connectivity index (χ4v) is 1.52. The van der Waals surface area contributed by atoms with Crippen LogP contribution in [0.15, 0.2) is 24.3 Å². The summed E-state index contributed by atoms with van der Waals surface area (Å²) in [6.07, 6.45) is 0.947. The van der Waals surface area contributed by atoms with Crippen LogP contribution in [0.1, 0.15) is 29.8 Å². The Kier molecular flexibility index (Phi) is 4.99. The lowest BCUT2D eigenvalue weighted by atomic mass is 10.1. The number of amides is 1. The first-order valence-corrected chi connectivity index (χ1v) is 5.68. The predicted octanol–water partition coefficient (Wildman–Crippen LogP) is 1.59. The third-order valence-electron chi connectivity index (χ3n) is 2.38. The first-order valence-electron chi connectivity index (χ1n) is 5.68. The van der Waals surface area contributed by atoms with Gasteiger partial charge in [0.05, 0.1) is 0 Å². The molecule has 0 aromatic heterocycles. The van der Waals surface area contributed by atoms with Crippen molar-refractivity contribution in [1.29, 1.82) is 0 Å². The van der Waals surface area contributed by atoms with E-state index >= 15 is 0 Å². The van der Waals surface area contributed by atoms with E-state index in [1.807, 2.05) is 18.2 Å². The molecule has 0 saturated heterocycles. The van der Waals surface area contributed by atoms with Gasteiger partial charge < -0.3 is 10.6 Å². The molecule has 1 amide bonds. The molecule has 0 aliphatic carbocycles. The molecule has 0 radical (unpaired) electrons. The molecule has 0 heterocycles. The summed E-state index contributed by atoms with van der Waals surface area (Å²) >= 11 is 0. The van der Waals surface area contributed by atoms with Crippen molar-refractivity contribution in [1.82, 2.24) is 10.6 Å². The molecule has 16 heavy (non-hydrogen) atoms. The van der Waals surface area contributed by atoms with Crippen molar-refractivity contribution in [2.45, 2.75) is 26.3 Å². The van der Waals surface area contributed by atoms with Gasteiger partial charge in [-0.25, -0.2) is 0 Å². The second-order valence-corrected chi connectivity index (χ2v) is 4.14. The molecule has 0 saturated carbocycles. The maximum atomic E-state index is 11.4. The zero-order valence-corrected chi connectivity index (χ0v) is 10.2. The van der Waals surface area contributed by atoms with Crippen LogP contribution >= 0.6 is 0 Å². The highest BCUT2D eigenvalue weighted by atomic mass is 16.1. The van der Waals surface area contributed by atoms with E-state index in [0.717, 1.165) is 18.5 Å². The van der Waals surface area contributed by atoms with Gasteiger partial charge in [-0.3, -0.25) is 4.79 Å². The maximum Gasteiger partial charge on any atom is 0.251 e. The molecule has 2 N–H and O–H groups in total. The summed E-state index contributed by atoms with van der Waals surface area (Å²) in [6, 6.07) is 8.25. The number of hydrogen-bond acceptors (Lipinski definition) is 2. The van der Waals surface area contributed by atoms with Crippen molar-refractivity contribution in [3.8, 4) is 0 Å². The van der Waals surface area contributed by atoms with Crippen LogP contribution in [0, 0.1) is 0 Å². The zero-order valence-electron chi connectivity index (χ0n) is 10.2. The third kappa shape index (κ3) is 4.03. The minimum Gasteiger partial charge on any atom is -0.355 e. The van der Waals surface area contributed by atoms with E-state index in [1.165, 1.54) is 5.56 Å². The highest BCUT2D eigenvalue weighted by molar-refractivity contribution is 5.94. The van der Waals surface area contributed by atoms with Gasteiger partial charge in [0.2, 0.25) is 0 Å². The highest BCUT2D eigenvalue weighted by Gasteiger charge is 2.03. The van der Waals surface area contributed by atoms with Crippen molar-refractivity contribution in [3.63, 3.8) is 0 Å². The largest absolute Gasteiger partial charge is 0.355 e. The fraction of sp³-hybridized carbons (Fsp3) is 0.462. The average molecular weight is 220 g/mol. The van der Waals surface area contributed by atoms with Gasteiger partial charge in [-0.1, -0.05) is 26.0 Å². The molecular formula is C13H20N2O. The summed E-state index contributed by atoms with van der Waals surface area (Å²) in [5.74, 6) is -0.0290. The van der Waals surface area contributed by atoms with Gasteiger partial charge in [0.1, 0.15) is 0 Å². The number of rotatable bonds is 5. The number of hydrogen-bond donors (Lipinski definition) is 2. The Morgan fingerprint density at radius 1 is 1.38 bits per heavy atom. The minimum absolute atomic E-state index is 0.0290. The maximum absolute atomic E-state index is 11.4. The number of nitrogens with one attached hydrogen (secondary N) is 2. The van der Waals surface area contributed by atoms with E-state index in [0.29, 0.717) is 6.04 Å². The second-order valence-electron chi connectivity index (χ2n) is 4.14. The quantitative estimate of drug-likeness (QED) is 0.791. The number of carbonyl (C=O) groups excluding carboxylic acids is 1. The summed E-state index contributed by atoms with van der Waals surface area (Å²) < 4.78 is 0. The van der Waals surface area contributed by atoms with Gasteiger partial charge in [-0.05, 0) is 30.7 Å². The molecule has 0 spiro atoms. The Morgan fingerprint density at radius 3 is 2.75 bits per heavy atom. The van der Waals surface area contributed by atoms with Crippen LogP contribution in [0.2, 0.25) is 0 Å². The van der Waals surface area contributed by atoms with Crippen LogP contribution in [0.5, 0.6) is 0 Å². The first kappa shape index (κ1) is 12.7. The fourth-order valence-electron chi connectivity index (χ4n) is 1.52.